The fourth-order valence-electron chi connectivity index (χ4n) is 3.85. The second kappa shape index (κ2) is 13.9. The molecule has 206 valence electrons. The average molecular weight is 611 g/mol. The minimum Gasteiger partial charge on any atom is -0.493 e. The molecule has 0 aromatic heterocycles. The number of allylic oxidation sites excluding steroid dienone is 1. The van der Waals surface area contributed by atoms with Crippen molar-refractivity contribution in [1.29, 1.82) is 0 Å². The summed E-state index contributed by atoms with van der Waals surface area (Å²) in [5.41, 5.74) is 2.84. The zero-order valence-electron chi connectivity index (χ0n) is 22.4. The summed E-state index contributed by atoms with van der Waals surface area (Å²) >= 11 is 3.42. The highest BCUT2D eigenvalue weighted by atomic mass is 79.9. The number of ketones is 1. The van der Waals surface area contributed by atoms with Gasteiger partial charge >= 0.3 is 0 Å². The summed E-state index contributed by atoms with van der Waals surface area (Å²) in [4.78, 5) is 38.9. The highest BCUT2D eigenvalue weighted by molar-refractivity contribution is 9.10. The van der Waals surface area contributed by atoms with E-state index in [2.05, 4.69) is 26.6 Å². The molecule has 0 radical (unpaired) electrons. The van der Waals surface area contributed by atoms with Crippen LogP contribution in [-0.2, 0) is 4.79 Å². The Bertz CT molecular complexity index is 1610. The molecule has 0 bridgehead atoms. The third-order valence-corrected chi connectivity index (χ3v) is 6.44. The van der Waals surface area contributed by atoms with Gasteiger partial charge in [0.2, 0.25) is 0 Å². The number of carbonyl (C=O) groups excluding carboxylic acids is 3. The van der Waals surface area contributed by atoms with E-state index in [1.807, 2.05) is 24.3 Å². The number of carbonyl (C=O) groups is 3. The highest BCUT2D eigenvalue weighted by Crippen LogP contribution is 2.28. The van der Waals surface area contributed by atoms with Crippen molar-refractivity contribution in [3.63, 3.8) is 0 Å². The summed E-state index contributed by atoms with van der Waals surface area (Å²) in [5, 5.41) is 5.49. The molecular weight excluding hydrogens is 584 g/mol. The number of rotatable bonds is 10. The number of anilines is 1. The molecule has 2 amide bonds. The Kier molecular flexibility index (Phi) is 9.85. The lowest BCUT2D eigenvalue weighted by Gasteiger charge is -2.13. The van der Waals surface area contributed by atoms with Crippen molar-refractivity contribution in [3.8, 4) is 11.5 Å². The molecule has 0 heterocycles. The first-order valence-electron chi connectivity index (χ1n) is 12.6. The van der Waals surface area contributed by atoms with Gasteiger partial charge in [-0.05, 0) is 83.9 Å². The molecule has 0 atom stereocenters. The Morgan fingerprint density at radius 1 is 0.732 bits per heavy atom. The third kappa shape index (κ3) is 8.03. The van der Waals surface area contributed by atoms with Crippen molar-refractivity contribution in [3.05, 3.63) is 136 Å². The number of ether oxygens (including phenoxy) is 2. The molecule has 0 fully saturated rings. The maximum atomic E-state index is 13.3. The maximum absolute atomic E-state index is 13.3. The Morgan fingerprint density at radius 2 is 1.46 bits per heavy atom. The summed E-state index contributed by atoms with van der Waals surface area (Å²) in [5.74, 6) is -0.148. The SMILES string of the molecule is COc1ccc(/C=C(\NC(=O)c2ccccc2)C(=O)Nc2ccc(C(=O)/C=C/c3cccc(Br)c3)cc2)cc1OC. The van der Waals surface area contributed by atoms with E-state index in [0.717, 1.165) is 10.0 Å². The third-order valence-electron chi connectivity index (χ3n) is 5.95. The van der Waals surface area contributed by atoms with Gasteiger partial charge in [0.1, 0.15) is 5.70 Å². The molecule has 2 N–H and O–H groups in total. The van der Waals surface area contributed by atoms with Gasteiger partial charge in [-0.25, -0.2) is 0 Å². The monoisotopic (exact) mass is 610 g/mol. The van der Waals surface area contributed by atoms with E-state index in [1.54, 1.807) is 84.9 Å². The second-order valence-corrected chi connectivity index (χ2v) is 9.69. The predicted molar refractivity (Wildman–Crippen MR) is 164 cm³/mol. The van der Waals surface area contributed by atoms with Crippen LogP contribution < -0.4 is 20.1 Å². The summed E-state index contributed by atoms with van der Waals surface area (Å²) in [7, 11) is 3.05. The topological polar surface area (TPSA) is 93.7 Å². The Balaban J connectivity index is 1.53. The van der Waals surface area contributed by atoms with Crippen molar-refractivity contribution < 1.29 is 23.9 Å². The number of methoxy groups -OCH3 is 2. The van der Waals surface area contributed by atoms with Crippen molar-refractivity contribution >= 4 is 51.4 Å². The Labute approximate surface area is 246 Å². The number of hydrogen-bond acceptors (Lipinski definition) is 5. The molecule has 4 rings (SSSR count). The Hall–Kier alpha value is -4.95. The molecule has 7 nitrogen and oxygen atoms in total. The number of nitrogens with one attached hydrogen (secondary N) is 2. The molecule has 8 heteroatoms. The molecule has 0 aliphatic carbocycles. The van der Waals surface area contributed by atoms with Crippen LogP contribution in [0.1, 0.15) is 31.8 Å². The van der Waals surface area contributed by atoms with Gasteiger partial charge in [0.15, 0.2) is 17.3 Å². The lowest BCUT2D eigenvalue weighted by Crippen LogP contribution is -2.30. The summed E-state index contributed by atoms with van der Waals surface area (Å²) in [6.45, 7) is 0. The van der Waals surface area contributed by atoms with Gasteiger partial charge in [-0.1, -0.05) is 58.4 Å². The second-order valence-electron chi connectivity index (χ2n) is 8.78. The van der Waals surface area contributed by atoms with Crippen LogP contribution in [0.5, 0.6) is 11.5 Å². The molecule has 4 aromatic carbocycles. The number of hydrogen-bond donors (Lipinski definition) is 2. The molecule has 0 saturated heterocycles. The van der Waals surface area contributed by atoms with Crippen LogP contribution in [0.4, 0.5) is 5.69 Å². The minimum atomic E-state index is -0.544. The van der Waals surface area contributed by atoms with Gasteiger partial charge in [-0.2, -0.15) is 0 Å². The molecule has 41 heavy (non-hydrogen) atoms. The molecule has 0 saturated carbocycles. The van der Waals surface area contributed by atoms with Crippen molar-refractivity contribution in [1.82, 2.24) is 5.32 Å². The fourth-order valence-corrected chi connectivity index (χ4v) is 4.26. The van der Waals surface area contributed by atoms with Gasteiger partial charge in [0.05, 0.1) is 14.2 Å². The molecule has 0 spiro atoms. The van der Waals surface area contributed by atoms with Gasteiger partial charge in [-0.15, -0.1) is 0 Å². The molecule has 0 aliphatic rings. The van der Waals surface area contributed by atoms with Crippen LogP contribution >= 0.6 is 15.9 Å². The standard InChI is InChI=1S/C33H27BrN2O5/c1-40-30-18-12-23(21-31(30)41-2)20-28(36-32(38)25-8-4-3-5-9-25)33(39)35-27-15-13-24(14-16-27)29(37)17-11-22-7-6-10-26(34)19-22/h3-21H,1-2H3,(H,35,39)(H,36,38)/b17-11+,28-20-. The van der Waals surface area contributed by atoms with E-state index in [9.17, 15) is 14.4 Å². The van der Waals surface area contributed by atoms with Gasteiger partial charge < -0.3 is 20.1 Å². The lowest BCUT2D eigenvalue weighted by atomic mass is 10.1. The molecule has 4 aromatic rings. The maximum Gasteiger partial charge on any atom is 0.272 e. The van der Waals surface area contributed by atoms with E-state index in [-0.39, 0.29) is 11.5 Å². The molecule has 0 unspecified atom stereocenters. The van der Waals surface area contributed by atoms with Crippen LogP contribution in [-0.4, -0.2) is 31.8 Å². The smallest absolute Gasteiger partial charge is 0.272 e. The Morgan fingerprint density at radius 3 is 2.15 bits per heavy atom. The first-order valence-corrected chi connectivity index (χ1v) is 13.3. The van der Waals surface area contributed by atoms with Crippen LogP contribution in [0.3, 0.4) is 0 Å². The highest BCUT2D eigenvalue weighted by Gasteiger charge is 2.16. The first-order chi connectivity index (χ1) is 19.9. The van der Waals surface area contributed by atoms with Crippen LogP contribution in [0, 0.1) is 0 Å². The van der Waals surface area contributed by atoms with Crippen molar-refractivity contribution in [2.75, 3.05) is 19.5 Å². The van der Waals surface area contributed by atoms with E-state index < -0.39 is 11.8 Å². The first kappa shape index (κ1) is 29.0. The largest absolute Gasteiger partial charge is 0.493 e. The van der Waals surface area contributed by atoms with Crippen molar-refractivity contribution in [2.24, 2.45) is 0 Å². The quantitative estimate of drug-likeness (QED) is 0.153. The summed E-state index contributed by atoms with van der Waals surface area (Å²) in [6, 6.07) is 27.9. The van der Waals surface area contributed by atoms with Crippen molar-refractivity contribution in [2.45, 2.75) is 0 Å². The van der Waals surface area contributed by atoms with E-state index >= 15 is 0 Å². The summed E-state index contributed by atoms with van der Waals surface area (Å²) < 4.78 is 11.6. The molecule has 0 aliphatic heterocycles. The lowest BCUT2D eigenvalue weighted by molar-refractivity contribution is -0.113. The zero-order chi connectivity index (χ0) is 29.2. The van der Waals surface area contributed by atoms with E-state index in [1.165, 1.54) is 20.3 Å². The number of halogens is 1. The average Bonchev–Trinajstić information content (AvgIpc) is 3.00. The number of benzene rings is 4. The zero-order valence-corrected chi connectivity index (χ0v) is 24.0. The predicted octanol–water partition coefficient (Wildman–Crippen LogP) is 6.77. The van der Waals surface area contributed by atoms with Crippen LogP contribution in [0.15, 0.2) is 113 Å². The normalized spacial score (nSPS) is 11.1. The minimum absolute atomic E-state index is 0.0168. The number of amides is 2. The fraction of sp³-hybridized carbons (Fsp3) is 0.0606. The van der Waals surface area contributed by atoms with Gasteiger partial charge in [-0.3, -0.25) is 14.4 Å². The van der Waals surface area contributed by atoms with Crippen LogP contribution in [0.2, 0.25) is 0 Å². The van der Waals surface area contributed by atoms with E-state index in [4.69, 9.17) is 9.47 Å². The van der Waals surface area contributed by atoms with Gasteiger partial charge in [0.25, 0.3) is 11.8 Å². The van der Waals surface area contributed by atoms with Crippen LogP contribution in [0.25, 0.3) is 12.2 Å². The van der Waals surface area contributed by atoms with Gasteiger partial charge in [0, 0.05) is 21.3 Å². The molecular formula is C33H27BrN2O5. The van der Waals surface area contributed by atoms with E-state index in [0.29, 0.717) is 33.9 Å². The summed E-state index contributed by atoms with van der Waals surface area (Å²) in [6.07, 6.45) is 4.78.